The highest BCUT2D eigenvalue weighted by Crippen LogP contribution is 2.24. The average molecular weight is 287 g/mol. The Labute approximate surface area is 114 Å². The van der Waals surface area contributed by atoms with Gasteiger partial charge in [-0.2, -0.15) is 4.31 Å². The average Bonchev–Trinajstić information content (AvgIpc) is 2.69. The van der Waals surface area contributed by atoms with E-state index in [9.17, 15) is 8.42 Å². The molecule has 2 rings (SSSR count). The van der Waals surface area contributed by atoms with E-state index in [1.54, 1.807) is 7.05 Å². The van der Waals surface area contributed by atoms with Gasteiger partial charge < -0.3 is 15.2 Å². The predicted octanol–water partition coefficient (Wildman–Crippen LogP) is -0.283. The summed E-state index contributed by atoms with van der Waals surface area (Å²) in [5.74, 6) is 0.0643. The van der Waals surface area contributed by atoms with Crippen LogP contribution in [0, 0.1) is 0 Å². The van der Waals surface area contributed by atoms with Crippen molar-refractivity contribution in [1.82, 2.24) is 18.8 Å². The second-order valence-corrected chi connectivity index (χ2v) is 7.02. The lowest BCUT2D eigenvalue weighted by Crippen LogP contribution is -2.47. The van der Waals surface area contributed by atoms with E-state index >= 15 is 0 Å². The molecule has 0 aliphatic carbocycles. The van der Waals surface area contributed by atoms with E-state index in [1.165, 1.54) is 15.2 Å². The Balaban J connectivity index is 2.30. The molecule has 7 nitrogen and oxygen atoms in total. The minimum atomic E-state index is -3.56. The van der Waals surface area contributed by atoms with Crippen LogP contribution in [0.15, 0.2) is 11.4 Å². The molecule has 1 atom stereocenters. The van der Waals surface area contributed by atoms with Gasteiger partial charge in [0.05, 0.1) is 6.33 Å². The van der Waals surface area contributed by atoms with E-state index < -0.39 is 10.0 Å². The molecule has 0 bridgehead atoms. The molecular formula is C11H21N5O2S. The number of rotatable bonds is 3. The Kier molecular flexibility index (Phi) is 3.84. The topological polar surface area (TPSA) is 84.5 Å². The van der Waals surface area contributed by atoms with E-state index in [0.717, 1.165) is 12.8 Å². The normalized spacial score (nSPS) is 22.0. The van der Waals surface area contributed by atoms with Crippen molar-refractivity contribution in [3.05, 3.63) is 6.33 Å². The summed E-state index contributed by atoms with van der Waals surface area (Å²) >= 11 is 0. The second-order valence-electron chi connectivity index (χ2n) is 5.17. The van der Waals surface area contributed by atoms with E-state index in [4.69, 9.17) is 5.73 Å². The summed E-state index contributed by atoms with van der Waals surface area (Å²) in [7, 11) is 2.02. The van der Waals surface area contributed by atoms with Crippen LogP contribution in [0.25, 0.3) is 0 Å². The third-order valence-electron chi connectivity index (χ3n) is 3.58. The molecule has 1 saturated heterocycles. The summed E-state index contributed by atoms with van der Waals surface area (Å²) in [5, 5.41) is 0.0897. The maximum atomic E-state index is 12.6. The number of piperidine rings is 1. The standard InChI is InChI=1S/C11H21N5O2S/c1-14(2)9-5-4-6-16(7-9)19(17,18)11-10(12)13-8-15(11)3/h8-9H,4-7,12H2,1-3H3. The number of aryl methyl sites for hydroxylation is 1. The van der Waals surface area contributed by atoms with Gasteiger partial charge in [0.1, 0.15) is 0 Å². The van der Waals surface area contributed by atoms with Crippen molar-refractivity contribution in [3.63, 3.8) is 0 Å². The van der Waals surface area contributed by atoms with Crippen LogP contribution >= 0.6 is 0 Å². The first-order valence-corrected chi connectivity index (χ1v) is 7.71. The zero-order valence-electron chi connectivity index (χ0n) is 11.6. The van der Waals surface area contributed by atoms with Crippen LogP contribution in [0.4, 0.5) is 5.82 Å². The maximum absolute atomic E-state index is 12.6. The molecule has 0 radical (unpaired) electrons. The Morgan fingerprint density at radius 2 is 2.16 bits per heavy atom. The number of nitrogens with two attached hydrogens (primary N) is 1. The van der Waals surface area contributed by atoms with Crippen molar-refractivity contribution < 1.29 is 8.42 Å². The molecule has 108 valence electrons. The Hall–Kier alpha value is -1.12. The highest BCUT2D eigenvalue weighted by atomic mass is 32.2. The molecule has 1 aliphatic heterocycles. The van der Waals surface area contributed by atoms with Crippen LogP contribution < -0.4 is 5.73 Å². The summed E-state index contributed by atoms with van der Waals surface area (Å²) in [4.78, 5) is 5.92. The van der Waals surface area contributed by atoms with Crippen molar-refractivity contribution in [2.24, 2.45) is 7.05 Å². The van der Waals surface area contributed by atoms with Gasteiger partial charge in [-0.1, -0.05) is 0 Å². The number of likely N-dealkylation sites (N-methyl/N-ethyl adjacent to an activating group) is 1. The van der Waals surface area contributed by atoms with E-state index in [1.807, 2.05) is 14.1 Å². The first-order chi connectivity index (χ1) is 8.84. The molecule has 8 heteroatoms. The van der Waals surface area contributed by atoms with Crippen molar-refractivity contribution in [1.29, 1.82) is 0 Å². The smallest absolute Gasteiger partial charge is 0.262 e. The van der Waals surface area contributed by atoms with Crippen molar-refractivity contribution in [3.8, 4) is 0 Å². The Morgan fingerprint density at radius 3 is 2.68 bits per heavy atom. The molecule has 1 aromatic heterocycles. The van der Waals surface area contributed by atoms with Crippen molar-refractivity contribution in [2.75, 3.05) is 32.9 Å². The zero-order chi connectivity index (χ0) is 14.2. The number of nitrogen functional groups attached to an aromatic ring is 1. The Morgan fingerprint density at radius 1 is 1.47 bits per heavy atom. The molecular weight excluding hydrogens is 266 g/mol. The summed E-state index contributed by atoms with van der Waals surface area (Å²) in [5.41, 5.74) is 5.68. The molecule has 1 aromatic rings. The second kappa shape index (κ2) is 5.10. The quantitative estimate of drug-likeness (QED) is 0.826. The molecule has 0 amide bonds. The zero-order valence-corrected chi connectivity index (χ0v) is 12.4. The fraction of sp³-hybridized carbons (Fsp3) is 0.727. The van der Waals surface area contributed by atoms with Gasteiger partial charge in [-0.15, -0.1) is 0 Å². The third kappa shape index (κ3) is 2.60. The number of imidazole rings is 1. The molecule has 1 fully saturated rings. The van der Waals surface area contributed by atoms with Crippen LogP contribution in [-0.4, -0.2) is 60.4 Å². The first kappa shape index (κ1) is 14.3. The molecule has 0 saturated carbocycles. The first-order valence-electron chi connectivity index (χ1n) is 6.27. The van der Waals surface area contributed by atoms with Gasteiger partial charge in [0, 0.05) is 26.2 Å². The highest BCUT2D eigenvalue weighted by Gasteiger charge is 2.34. The summed E-state index contributed by atoms with van der Waals surface area (Å²) in [6, 6.07) is 0.248. The summed E-state index contributed by atoms with van der Waals surface area (Å²) in [6.45, 7) is 1.04. The molecule has 0 spiro atoms. The monoisotopic (exact) mass is 287 g/mol. The lowest BCUT2D eigenvalue weighted by molar-refractivity contribution is 0.190. The Bertz CT molecular complexity index is 532. The van der Waals surface area contributed by atoms with Gasteiger partial charge in [-0.05, 0) is 26.9 Å². The van der Waals surface area contributed by atoms with Crippen molar-refractivity contribution >= 4 is 15.8 Å². The highest BCUT2D eigenvalue weighted by molar-refractivity contribution is 7.89. The van der Waals surface area contributed by atoms with Gasteiger partial charge in [0.2, 0.25) is 0 Å². The van der Waals surface area contributed by atoms with E-state index in [2.05, 4.69) is 9.88 Å². The van der Waals surface area contributed by atoms with Gasteiger partial charge in [0.15, 0.2) is 10.8 Å². The predicted molar refractivity (Wildman–Crippen MR) is 73.1 cm³/mol. The largest absolute Gasteiger partial charge is 0.381 e. The van der Waals surface area contributed by atoms with Gasteiger partial charge in [-0.25, -0.2) is 13.4 Å². The number of sulfonamides is 1. The van der Waals surface area contributed by atoms with Crippen LogP contribution in [0.2, 0.25) is 0 Å². The van der Waals surface area contributed by atoms with Crippen LogP contribution in [0.5, 0.6) is 0 Å². The molecule has 1 aliphatic rings. The molecule has 19 heavy (non-hydrogen) atoms. The van der Waals surface area contributed by atoms with E-state index in [0.29, 0.717) is 13.1 Å². The fourth-order valence-corrected chi connectivity index (χ4v) is 4.14. The number of nitrogens with zero attached hydrogens (tertiary/aromatic N) is 4. The lowest BCUT2D eigenvalue weighted by atomic mass is 10.1. The van der Waals surface area contributed by atoms with Crippen LogP contribution in [-0.2, 0) is 17.1 Å². The third-order valence-corrected chi connectivity index (χ3v) is 5.58. The summed E-state index contributed by atoms with van der Waals surface area (Å²) < 4.78 is 28.2. The number of aromatic nitrogens is 2. The van der Waals surface area contributed by atoms with E-state index in [-0.39, 0.29) is 16.9 Å². The van der Waals surface area contributed by atoms with Gasteiger partial charge in [-0.3, -0.25) is 0 Å². The van der Waals surface area contributed by atoms with Crippen molar-refractivity contribution in [2.45, 2.75) is 23.9 Å². The SMILES string of the molecule is CN(C)C1CCCN(S(=O)(=O)c2c(N)ncn2C)C1. The molecule has 1 unspecified atom stereocenters. The van der Waals surface area contributed by atoms with Gasteiger partial charge >= 0.3 is 0 Å². The number of anilines is 1. The molecule has 0 aromatic carbocycles. The molecule has 2 heterocycles. The summed E-state index contributed by atoms with van der Waals surface area (Å²) in [6.07, 6.45) is 3.30. The lowest BCUT2D eigenvalue weighted by Gasteiger charge is -2.35. The fourth-order valence-electron chi connectivity index (χ4n) is 2.43. The minimum absolute atomic E-state index is 0.0643. The minimum Gasteiger partial charge on any atom is -0.381 e. The maximum Gasteiger partial charge on any atom is 0.262 e. The van der Waals surface area contributed by atoms with Gasteiger partial charge in [0.25, 0.3) is 10.0 Å². The number of hydrogen-bond donors (Lipinski definition) is 1. The molecule has 2 N–H and O–H groups in total. The number of hydrogen-bond acceptors (Lipinski definition) is 5. The van der Waals surface area contributed by atoms with Crippen LogP contribution in [0.3, 0.4) is 0 Å². The van der Waals surface area contributed by atoms with Crippen LogP contribution in [0.1, 0.15) is 12.8 Å².